The van der Waals surface area contributed by atoms with Gasteiger partial charge in [-0.2, -0.15) is 4.98 Å². The predicted octanol–water partition coefficient (Wildman–Crippen LogP) is 1.81. The molecule has 20 heavy (non-hydrogen) atoms. The zero-order valence-electron chi connectivity index (χ0n) is 11.9. The summed E-state index contributed by atoms with van der Waals surface area (Å²) in [5, 5.41) is 3.34. The lowest BCUT2D eigenvalue weighted by molar-refractivity contribution is -0.911. The molecule has 0 radical (unpaired) electrons. The highest BCUT2D eigenvalue weighted by Crippen LogP contribution is 2.15. The smallest absolute Gasteiger partial charge is 0.221 e. The fraction of sp³-hybridized carbons (Fsp3) is 0.467. The van der Waals surface area contributed by atoms with E-state index in [1.807, 2.05) is 4.68 Å². The van der Waals surface area contributed by atoms with Crippen LogP contribution in [0.1, 0.15) is 25.3 Å². The van der Waals surface area contributed by atoms with Crippen LogP contribution in [0.4, 0.5) is 0 Å². The lowest BCUT2D eigenvalue weighted by atomic mass is 10.1. The Bertz CT molecular complexity index is 620. The third kappa shape index (κ3) is 2.83. The van der Waals surface area contributed by atoms with Crippen molar-refractivity contribution in [2.24, 2.45) is 0 Å². The van der Waals surface area contributed by atoms with Gasteiger partial charge in [0, 0.05) is 18.4 Å². The number of benzene rings is 1. The van der Waals surface area contributed by atoms with Crippen molar-refractivity contribution < 1.29 is 4.90 Å². The topological polar surface area (TPSA) is 38.0 Å². The Morgan fingerprint density at radius 2 is 1.95 bits per heavy atom. The largest absolute Gasteiger partial charge is 0.316 e. The summed E-state index contributed by atoms with van der Waals surface area (Å²) in [5.41, 5.74) is 2.44. The average Bonchev–Trinajstić information content (AvgIpc) is 3.10. The van der Waals surface area contributed by atoms with E-state index in [1.54, 1.807) is 4.90 Å². The minimum atomic E-state index is 0.652. The van der Waals surface area contributed by atoms with E-state index in [2.05, 4.69) is 41.3 Å². The number of aromatic nitrogens is 3. The van der Waals surface area contributed by atoms with Crippen LogP contribution < -0.4 is 4.90 Å². The highest BCUT2D eigenvalue weighted by molar-refractivity contribution is 7.71. The van der Waals surface area contributed by atoms with Crippen LogP contribution >= 0.6 is 12.2 Å². The van der Waals surface area contributed by atoms with Crippen LogP contribution in [0.2, 0.25) is 0 Å². The molecule has 1 aliphatic heterocycles. The molecule has 2 N–H and O–H groups in total. The van der Waals surface area contributed by atoms with Crippen molar-refractivity contribution in [2.45, 2.75) is 32.9 Å². The Labute approximate surface area is 124 Å². The summed E-state index contributed by atoms with van der Waals surface area (Å²) in [7, 11) is 0. The van der Waals surface area contributed by atoms with Crippen LogP contribution in [0.15, 0.2) is 24.3 Å². The van der Waals surface area contributed by atoms with Crippen LogP contribution in [-0.2, 0) is 13.1 Å². The van der Waals surface area contributed by atoms with Crippen LogP contribution in [0.5, 0.6) is 0 Å². The zero-order chi connectivity index (χ0) is 13.9. The lowest BCUT2D eigenvalue weighted by Crippen LogP contribution is -3.09. The van der Waals surface area contributed by atoms with Crippen molar-refractivity contribution >= 4 is 12.2 Å². The minimum Gasteiger partial charge on any atom is -0.316 e. The molecule has 1 saturated heterocycles. The fourth-order valence-electron chi connectivity index (χ4n) is 2.75. The van der Waals surface area contributed by atoms with E-state index in [0.29, 0.717) is 4.77 Å². The van der Waals surface area contributed by atoms with Crippen molar-refractivity contribution in [3.8, 4) is 11.4 Å². The van der Waals surface area contributed by atoms with E-state index in [4.69, 9.17) is 12.2 Å². The first kappa shape index (κ1) is 13.5. The number of nitrogens with one attached hydrogen (secondary N) is 2. The van der Waals surface area contributed by atoms with E-state index in [1.165, 1.54) is 31.5 Å². The third-order valence-electron chi connectivity index (χ3n) is 4.01. The molecule has 1 aliphatic rings. The molecule has 1 aromatic heterocycles. The van der Waals surface area contributed by atoms with Crippen molar-refractivity contribution in [1.29, 1.82) is 0 Å². The van der Waals surface area contributed by atoms with Gasteiger partial charge in [-0.3, -0.25) is 5.10 Å². The van der Waals surface area contributed by atoms with Gasteiger partial charge in [0.25, 0.3) is 0 Å². The quantitative estimate of drug-likeness (QED) is 0.843. The molecule has 106 valence electrons. The number of likely N-dealkylation sites (tertiary alicyclic amines) is 1. The van der Waals surface area contributed by atoms with E-state index in [-0.39, 0.29) is 0 Å². The Morgan fingerprint density at radius 3 is 2.60 bits per heavy atom. The molecule has 3 rings (SSSR count). The Kier molecular flexibility index (Phi) is 3.98. The summed E-state index contributed by atoms with van der Waals surface area (Å²) >= 11 is 5.36. The summed E-state index contributed by atoms with van der Waals surface area (Å²) in [6.45, 7) is 5.54. The number of hydrogen-bond acceptors (Lipinski definition) is 2. The molecule has 0 bridgehead atoms. The number of H-pyrrole nitrogens is 1. The number of hydrogen-bond donors (Lipinski definition) is 2. The van der Waals surface area contributed by atoms with E-state index < -0.39 is 0 Å². The van der Waals surface area contributed by atoms with Gasteiger partial charge in [0.2, 0.25) is 4.77 Å². The van der Waals surface area contributed by atoms with Crippen molar-refractivity contribution in [1.82, 2.24) is 14.8 Å². The Hall–Kier alpha value is -1.46. The molecule has 4 nitrogen and oxygen atoms in total. The molecule has 1 aromatic carbocycles. The molecule has 0 atom stereocenters. The van der Waals surface area contributed by atoms with Gasteiger partial charge in [-0.05, 0) is 24.2 Å². The van der Waals surface area contributed by atoms with Crippen molar-refractivity contribution in [2.75, 3.05) is 13.1 Å². The number of rotatable bonds is 4. The normalized spacial score (nSPS) is 15.8. The Balaban J connectivity index is 1.81. The highest BCUT2D eigenvalue weighted by atomic mass is 32.1. The summed E-state index contributed by atoms with van der Waals surface area (Å²) in [6, 6.07) is 8.52. The SMILES string of the molecule is CCc1ccc(-c2nc(=S)n(C[NH+]3CCCC3)[nH]2)cc1. The summed E-state index contributed by atoms with van der Waals surface area (Å²) in [5.74, 6) is 0.872. The number of quaternary nitrogens is 1. The lowest BCUT2D eigenvalue weighted by Gasteiger charge is -2.11. The summed E-state index contributed by atoms with van der Waals surface area (Å²) < 4.78 is 2.65. The maximum absolute atomic E-state index is 5.36. The molecule has 2 aromatic rings. The van der Waals surface area contributed by atoms with Crippen molar-refractivity contribution in [3.63, 3.8) is 0 Å². The van der Waals surface area contributed by atoms with Gasteiger partial charge in [-0.25, -0.2) is 4.68 Å². The van der Waals surface area contributed by atoms with Gasteiger partial charge < -0.3 is 4.90 Å². The van der Waals surface area contributed by atoms with Crippen molar-refractivity contribution in [3.05, 3.63) is 34.6 Å². The van der Waals surface area contributed by atoms with Crippen LogP contribution in [-0.4, -0.2) is 27.9 Å². The molecule has 0 spiro atoms. The summed E-state index contributed by atoms with van der Waals surface area (Å²) in [6.07, 6.45) is 3.70. The molecular formula is C15H21N4S+. The van der Waals surface area contributed by atoms with Gasteiger partial charge >= 0.3 is 0 Å². The van der Waals surface area contributed by atoms with Crippen LogP contribution in [0.25, 0.3) is 11.4 Å². The van der Waals surface area contributed by atoms with E-state index >= 15 is 0 Å². The van der Waals surface area contributed by atoms with Gasteiger partial charge in [0.05, 0.1) is 13.1 Å². The average molecular weight is 289 g/mol. The zero-order valence-corrected chi connectivity index (χ0v) is 12.7. The van der Waals surface area contributed by atoms with E-state index in [0.717, 1.165) is 24.5 Å². The molecular weight excluding hydrogens is 268 g/mol. The summed E-state index contributed by atoms with van der Waals surface area (Å²) in [4.78, 5) is 6.07. The molecule has 0 amide bonds. The first-order valence-electron chi connectivity index (χ1n) is 7.36. The van der Waals surface area contributed by atoms with Gasteiger partial charge in [0.15, 0.2) is 12.5 Å². The maximum atomic E-state index is 5.36. The third-order valence-corrected chi connectivity index (χ3v) is 4.32. The molecule has 1 fully saturated rings. The molecule has 0 saturated carbocycles. The maximum Gasteiger partial charge on any atom is 0.221 e. The standard InChI is InChI=1S/C15H20N4S/c1-2-12-5-7-13(8-6-12)14-16-15(20)19(17-14)11-18-9-3-4-10-18/h5-8H,2-4,9-11H2,1H3,(H,16,17,20)/p+1. The number of aryl methyl sites for hydroxylation is 1. The predicted molar refractivity (Wildman–Crippen MR) is 82.2 cm³/mol. The minimum absolute atomic E-state index is 0.652. The van der Waals surface area contributed by atoms with Gasteiger partial charge in [-0.1, -0.05) is 31.2 Å². The molecule has 0 unspecified atom stereocenters. The van der Waals surface area contributed by atoms with Gasteiger partial charge in [0.1, 0.15) is 0 Å². The second kappa shape index (κ2) is 5.89. The second-order valence-corrected chi connectivity index (χ2v) is 5.81. The van der Waals surface area contributed by atoms with Crippen LogP contribution in [0, 0.1) is 4.77 Å². The van der Waals surface area contributed by atoms with Crippen LogP contribution in [0.3, 0.4) is 0 Å². The molecule has 0 aliphatic carbocycles. The first-order valence-corrected chi connectivity index (χ1v) is 7.77. The van der Waals surface area contributed by atoms with E-state index in [9.17, 15) is 0 Å². The number of nitrogens with zero attached hydrogens (tertiary/aromatic N) is 2. The highest BCUT2D eigenvalue weighted by Gasteiger charge is 2.16. The molecule has 5 heteroatoms. The number of aromatic amines is 1. The Morgan fingerprint density at radius 1 is 1.25 bits per heavy atom. The first-order chi connectivity index (χ1) is 9.76. The second-order valence-electron chi connectivity index (χ2n) is 5.45. The monoisotopic (exact) mass is 289 g/mol. The fourth-order valence-corrected chi connectivity index (χ4v) is 2.95. The van der Waals surface area contributed by atoms with Gasteiger partial charge in [-0.15, -0.1) is 0 Å². The molecule has 2 heterocycles.